The van der Waals surface area contributed by atoms with Gasteiger partial charge in [-0.25, -0.2) is 4.98 Å². The van der Waals surface area contributed by atoms with E-state index >= 15 is 0 Å². The second-order valence-electron chi connectivity index (χ2n) is 3.55. The van der Waals surface area contributed by atoms with Gasteiger partial charge in [0, 0.05) is 15.5 Å². The van der Waals surface area contributed by atoms with Gasteiger partial charge in [0.1, 0.15) is 0 Å². The van der Waals surface area contributed by atoms with E-state index in [0.717, 1.165) is 10.8 Å². The van der Waals surface area contributed by atoms with Crippen molar-refractivity contribution in [2.75, 3.05) is 0 Å². The van der Waals surface area contributed by atoms with E-state index < -0.39 is 0 Å². The molecule has 16 heavy (non-hydrogen) atoms. The Balaban J connectivity index is 2.05. The Labute approximate surface area is 114 Å². The minimum absolute atomic E-state index is 0.981. The minimum atomic E-state index is 0.981. The molecule has 1 aromatic heterocycles. The molecule has 0 saturated heterocycles. The average Bonchev–Trinajstić information content (AvgIpc) is 2.29. The molecule has 0 aliphatic rings. The fraction of sp³-hybridized carbons (Fsp3) is 0.154. The Morgan fingerprint density at radius 1 is 1.25 bits per heavy atom. The van der Waals surface area contributed by atoms with Gasteiger partial charge in [-0.05, 0) is 46.7 Å². The number of benzene rings is 1. The van der Waals surface area contributed by atoms with Crippen molar-refractivity contribution in [3.63, 3.8) is 0 Å². The van der Waals surface area contributed by atoms with Crippen molar-refractivity contribution in [3.8, 4) is 0 Å². The van der Waals surface area contributed by atoms with Crippen LogP contribution in [0.2, 0.25) is 0 Å². The molecule has 0 N–H and O–H groups in total. The van der Waals surface area contributed by atoms with Crippen molar-refractivity contribution >= 4 is 34.4 Å². The van der Waals surface area contributed by atoms with Gasteiger partial charge in [0.15, 0.2) is 0 Å². The fourth-order valence-corrected chi connectivity index (χ4v) is 2.92. The molecule has 3 heteroatoms. The van der Waals surface area contributed by atoms with Crippen molar-refractivity contribution in [3.05, 3.63) is 57.3 Å². The zero-order chi connectivity index (χ0) is 11.4. The normalized spacial score (nSPS) is 10.4. The summed E-state index contributed by atoms with van der Waals surface area (Å²) in [6, 6.07) is 12.7. The van der Waals surface area contributed by atoms with E-state index in [-0.39, 0.29) is 0 Å². The Morgan fingerprint density at radius 3 is 2.69 bits per heavy atom. The molecule has 1 heterocycles. The van der Waals surface area contributed by atoms with Crippen LogP contribution in [-0.4, -0.2) is 4.98 Å². The molecule has 0 atom stereocenters. The molecule has 0 aliphatic carbocycles. The third-order valence-electron chi connectivity index (χ3n) is 2.22. The van der Waals surface area contributed by atoms with Crippen molar-refractivity contribution in [1.82, 2.24) is 4.98 Å². The minimum Gasteiger partial charge on any atom is -0.249 e. The van der Waals surface area contributed by atoms with E-state index in [0.29, 0.717) is 0 Å². The van der Waals surface area contributed by atoms with Gasteiger partial charge in [-0.2, -0.15) is 0 Å². The van der Waals surface area contributed by atoms with Gasteiger partial charge >= 0.3 is 0 Å². The highest BCUT2D eigenvalue weighted by molar-refractivity contribution is 14.1. The lowest BCUT2D eigenvalue weighted by atomic mass is 10.2. The first-order valence-electron chi connectivity index (χ1n) is 5.04. The van der Waals surface area contributed by atoms with Crippen LogP contribution in [0.25, 0.3) is 0 Å². The summed E-state index contributed by atoms with van der Waals surface area (Å²) >= 11 is 4.08. The second kappa shape index (κ2) is 5.68. The van der Waals surface area contributed by atoms with Crippen LogP contribution in [0.4, 0.5) is 0 Å². The Hall–Kier alpha value is -0.550. The van der Waals surface area contributed by atoms with Crippen molar-refractivity contribution in [2.45, 2.75) is 17.7 Å². The lowest BCUT2D eigenvalue weighted by Crippen LogP contribution is -1.88. The zero-order valence-electron chi connectivity index (χ0n) is 8.98. The van der Waals surface area contributed by atoms with E-state index in [1.165, 1.54) is 14.7 Å². The number of thioether (sulfide) groups is 1. The maximum absolute atomic E-state index is 4.45. The summed E-state index contributed by atoms with van der Waals surface area (Å²) in [7, 11) is 0. The van der Waals surface area contributed by atoms with Gasteiger partial charge in [-0.15, -0.1) is 11.8 Å². The standard InChI is InChI=1S/C13H12INS/c1-10-7-12(14)8-15-13(10)16-9-11-5-3-2-4-6-11/h2-8H,9H2,1H3. The third-order valence-corrected chi connectivity index (χ3v) is 3.98. The highest BCUT2D eigenvalue weighted by Crippen LogP contribution is 2.24. The molecule has 0 amide bonds. The highest BCUT2D eigenvalue weighted by Gasteiger charge is 2.01. The largest absolute Gasteiger partial charge is 0.249 e. The molecule has 0 fully saturated rings. The predicted octanol–water partition coefficient (Wildman–Crippen LogP) is 4.29. The molecule has 2 aromatic rings. The van der Waals surface area contributed by atoms with Crippen LogP contribution < -0.4 is 0 Å². The zero-order valence-corrected chi connectivity index (χ0v) is 12.0. The number of hydrogen-bond acceptors (Lipinski definition) is 2. The molecule has 0 saturated carbocycles. The highest BCUT2D eigenvalue weighted by atomic mass is 127. The molecule has 0 spiro atoms. The number of halogens is 1. The summed E-state index contributed by atoms with van der Waals surface area (Å²) < 4.78 is 1.19. The van der Waals surface area contributed by atoms with Gasteiger partial charge < -0.3 is 0 Å². The fourth-order valence-electron chi connectivity index (χ4n) is 1.40. The summed E-state index contributed by atoms with van der Waals surface area (Å²) in [5, 5.41) is 1.13. The van der Waals surface area contributed by atoms with Gasteiger partial charge in [-0.3, -0.25) is 0 Å². The smallest absolute Gasteiger partial charge is 0.0993 e. The molecule has 1 aromatic carbocycles. The summed E-state index contributed by atoms with van der Waals surface area (Å²) in [6.45, 7) is 2.11. The Kier molecular flexibility index (Phi) is 4.23. The molecule has 2 rings (SSSR count). The third kappa shape index (κ3) is 3.22. The van der Waals surface area contributed by atoms with Gasteiger partial charge in [-0.1, -0.05) is 30.3 Å². The quantitative estimate of drug-likeness (QED) is 0.610. The topological polar surface area (TPSA) is 12.9 Å². The molecular formula is C13H12INS. The summed E-state index contributed by atoms with van der Waals surface area (Å²) in [5.41, 5.74) is 2.60. The molecular weight excluding hydrogens is 329 g/mol. The van der Waals surface area contributed by atoms with Crippen LogP contribution in [-0.2, 0) is 5.75 Å². The van der Waals surface area contributed by atoms with Crippen molar-refractivity contribution in [1.29, 1.82) is 0 Å². The first kappa shape index (κ1) is 11.9. The first-order valence-corrected chi connectivity index (χ1v) is 7.11. The monoisotopic (exact) mass is 341 g/mol. The average molecular weight is 341 g/mol. The van der Waals surface area contributed by atoms with Crippen LogP contribution >= 0.6 is 34.4 Å². The Morgan fingerprint density at radius 2 is 2.00 bits per heavy atom. The second-order valence-corrected chi connectivity index (χ2v) is 5.76. The number of pyridine rings is 1. The maximum Gasteiger partial charge on any atom is 0.0993 e. The predicted molar refractivity (Wildman–Crippen MR) is 77.7 cm³/mol. The lowest BCUT2D eigenvalue weighted by Gasteiger charge is -2.04. The first-order chi connectivity index (χ1) is 7.75. The number of hydrogen-bond donors (Lipinski definition) is 0. The SMILES string of the molecule is Cc1cc(I)cnc1SCc1ccccc1. The van der Waals surface area contributed by atoms with Gasteiger partial charge in [0.25, 0.3) is 0 Å². The molecule has 0 unspecified atom stereocenters. The number of nitrogens with zero attached hydrogens (tertiary/aromatic N) is 1. The Bertz CT molecular complexity index is 471. The van der Waals surface area contributed by atoms with Crippen LogP contribution in [0, 0.1) is 10.5 Å². The van der Waals surface area contributed by atoms with Gasteiger partial charge in [0.2, 0.25) is 0 Å². The summed E-state index contributed by atoms with van der Waals surface area (Å²) in [6.07, 6.45) is 1.92. The van der Waals surface area contributed by atoms with Crippen LogP contribution in [0.5, 0.6) is 0 Å². The van der Waals surface area contributed by atoms with Gasteiger partial charge in [0.05, 0.1) is 5.03 Å². The maximum atomic E-state index is 4.45. The number of aromatic nitrogens is 1. The number of rotatable bonds is 3. The van der Waals surface area contributed by atoms with Crippen molar-refractivity contribution < 1.29 is 0 Å². The molecule has 0 radical (unpaired) electrons. The van der Waals surface area contributed by atoms with E-state index in [1.54, 1.807) is 11.8 Å². The van der Waals surface area contributed by atoms with Crippen molar-refractivity contribution in [2.24, 2.45) is 0 Å². The summed E-state index contributed by atoms with van der Waals surface area (Å²) in [4.78, 5) is 4.45. The lowest BCUT2D eigenvalue weighted by molar-refractivity contribution is 1.07. The molecule has 0 bridgehead atoms. The van der Waals surface area contributed by atoms with Crippen LogP contribution in [0.3, 0.4) is 0 Å². The van der Waals surface area contributed by atoms with E-state index in [4.69, 9.17) is 0 Å². The van der Waals surface area contributed by atoms with E-state index in [9.17, 15) is 0 Å². The van der Waals surface area contributed by atoms with Crippen LogP contribution in [0.15, 0.2) is 47.6 Å². The van der Waals surface area contributed by atoms with Crippen LogP contribution in [0.1, 0.15) is 11.1 Å². The molecule has 1 nitrogen and oxygen atoms in total. The van der Waals surface area contributed by atoms with E-state index in [1.807, 2.05) is 12.3 Å². The number of aryl methyl sites for hydroxylation is 1. The molecule has 82 valence electrons. The van der Waals surface area contributed by atoms with E-state index in [2.05, 4.69) is 64.8 Å². The summed E-state index contributed by atoms with van der Waals surface area (Å²) in [5.74, 6) is 0.981. The molecule has 0 aliphatic heterocycles.